The molecule has 2 amide bonds. The van der Waals surface area contributed by atoms with Crippen LogP contribution in [0.15, 0.2) is 42.5 Å². The molecule has 2 heterocycles. The highest BCUT2D eigenvalue weighted by atomic mass is 35.5. The minimum Gasteiger partial charge on any atom is -0.304 e. The average Bonchev–Trinajstić information content (AvgIpc) is 3.15. The van der Waals surface area contributed by atoms with Crippen LogP contribution in [0.5, 0.6) is 0 Å². The quantitative estimate of drug-likeness (QED) is 0.710. The third-order valence-electron chi connectivity index (χ3n) is 5.57. The first kappa shape index (κ1) is 21.5. The van der Waals surface area contributed by atoms with E-state index in [0.29, 0.717) is 21.6 Å². The summed E-state index contributed by atoms with van der Waals surface area (Å²) in [7, 11) is 2.08. The highest BCUT2D eigenvalue weighted by Gasteiger charge is 2.38. The number of urea groups is 1. The molecule has 0 bridgehead atoms. The molecule has 2 aliphatic heterocycles. The normalized spacial score (nSPS) is 20.6. The lowest BCUT2D eigenvalue weighted by Crippen LogP contribution is -2.57. The van der Waals surface area contributed by atoms with Crippen LogP contribution in [0.1, 0.15) is 18.0 Å². The first-order valence-corrected chi connectivity index (χ1v) is 11.1. The van der Waals surface area contributed by atoms with Crippen molar-refractivity contribution in [1.82, 2.24) is 20.3 Å². The minimum absolute atomic E-state index is 0.0424. The molecular weight excluding hydrogens is 445 g/mol. The van der Waals surface area contributed by atoms with Crippen LogP contribution < -0.4 is 10.4 Å². The summed E-state index contributed by atoms with van der Waals surface area (Å²) in [6.07, 6.45) is 0.775. The van der Waals surface area contributed by atoms with Gasteiger partial charge in [0.25, 0.3) is 0 Å². The number of rotatable bonds is 3. The summed E-state index contributed by atoms with van der Waals surface area (Å²) in [6.45, 7) is 3.99. The Bertz CT molecular complexity index is 902. The molecule has 9 heteroatoms. The van der Waals surface area contributed by atoms with Crippen molar-refractivity contribution in [2.75, 3.05) is 44.8 Å². The number of nitrogens with zero attached hydrogens (tertiary/aromatic N) is 4. The third-order valence-corrected chi connectivity index (χ3v) is 6.36. The van der Waals surface area contributed by atoms with E-state index >= 15 is 0 Å². The molecule has 0 saturated carbocycles. The van der Waals surface area contributed by atoms with Gasteiger partial charge in [-0.05, 0) is 49.4 Å². The molecule has 2 aromatic rings. The van der Waals surface area contributed by atoms with Crippen molar-refractivity contribution in [2.45, 2.75) is 12.5 Å². The zero-order valence-electron chi connectivity index (χ0n) is 16.7. The highest BCUT2D eigenvalue weighted by molar-refractivity contribution is 6.36. The SMILES string of the molecule is CN1CCN(NC(=O)N2CCC(c3ccc(Cl)cc3)N2c2ccc(Cl)cc2Cl)CC1. The molecule has 1 unspecified atom stereocenters. The van der Waals surface area contributed by atoms with Gasteiger partial charge in [-0.15, -0.1) is 0 Å². The molecule has 160 valence electrons. The number of hydrazine groups is 2. The fourth-order valence-corrected chi connectivity index (χ4v) is 4.53. The van der Waals surface area contributed by atoms with Crippen LogP contribution in [-0.4, -0.2) is 60.7 Å². The number of carbonyl (C=O) groups excluding carboxylic acids is 1. The first-order valence-electron chi connectivity index (χ1n) is 9.93. The summed E-state index contributed by atoms with van der Waals surface area (Å²) in [5, 5.41) is 7.40. The predicted octanol–water partition coefficient (Wildman–Crippen LogP) is 4.69. The number of nitrogens with one attached hydrogen (secondary N) is 1. The van der Waals surface area contributed by atoms with E-state index in [-0.39, 0.29) is 12.1 Å². The molecule has 2 aliphatic rings. The summed E-state index contributed by atoms with van der Waals surface area (Å²) in [4.78, 5) is 15.5. The van der Waals surface area contributed by atoms with E-state index in [1.54, 1.807) is 17.1 Å². The number of likely N-dealkylation sites (N-methyl/N-ethyl adjacent to an activating group) is 1. The maximum atomic E-state index is 13.2. The second-order valence-corrected chi connectivity index (χ2v) is 8.91. The van der Waals surface area contributed by atoms with Gasteiger partial charge in [0.05, 0.1) is 16.8 Å². The number of amides is 2. The molecule has 2 fully saturated rings. The topological polar surface area (TPSA) is 42.1 Å². The smallest absolute Gasteiger partial charge is 0.304 e. The first-order chi connectivity index (χ1) is 14.4. The molecule has 30 heavy (non-hydrogen) atoms. The molecular formula is C21H24Cl3N5O. The monoisotopic (exact) mass is 467 g/mol. The average molecular weight is 469 g/mol. The van der Waals surface area contributed by atoms with Gasteiger partial charge in [0, 0.05) is 42.8 Å². The molecule has 0 aromatic heterocycles. The Balaban J connectivity index is 1.61. The fraction of sp³-hybridized carbons (Fsp3) is 0.381. The van der Waals surface area contributed by atoms with Crippen molar-refractivity contribution in [3.05, 3.63) is 63.1 Å². The molecule has 0 spiro atoms. The second-order valence-electron chi connectivity index (χ2n) is 7.63. The van der Waals surface area contributed by atoms with E-state index in [4.69, 9.17) is 34.8 Å². The lowest BCUT2D eigenvalue weighted by molar-refractivity contribution is 0.100. The van der Waals surface area contributed by atoms with Crippen molar-refractivity contribution in [3.8, 4) is 0 Å². The van der Waals surface area contributed by atoms with Crippen LogP contribution in [0.2, 0.25) is 15.1 Å². The van der Waals surface area contributed by atoms with E-state index in [9.17, 15) is 4.79 Å². The van der Waals surface area contributed by atoms with Gasteiger partial charge in [-0.2, -0.15) is 0 Å². The maximum absolute atomic E-state index is 13.2. The third kappa shape index (κ3) is 4.63. The number of hydrogen-bond acceptors (Lipinski definition) is 4. The Morgan fingerprint density at radius 2 is 1.60 bits per heavy atom. The Morgan fingerprint density at radius 3 is 2.27 bits per heavy atom. The number of benzene rings is 2. The van der Waals surface area contributed by atoms with Crippen LogP contribution in [0, 0.1) is 0 Å². The molecule has 0 radical (unpaired) electrons. The minimum atomic E-state index is -0.165. The van der Waals surface area contributed by atoms with Gasteiger partial charge < -0.3 is 4.90 Å². The van der Waals surface area contributed by atoms with E-state index in [2.05, 4.69) is 17.4 Å². The molecule has 4 rings (SSSR count). The standard InChI is InChI=1S/C21H24Cl3N5O/c1-26-10-12-27(13-11-26)25-21(30)28-9-8-19(15-2-4-16(22)5-3-15)29(28)20-7-6-17(23)14-18(20)24/h2-7,14,19H,8-13H2,1H3,(H,25,30). The number of anilines is 1. The van der Waals surface area contributed by atoms with Crippen molar-refractivity contribution in [3.63, 3.8) is 0 Å². The Labute approximate surface area is 191 Å². The van der Waals surface area contributed by atoms with E-state index in [0.717, 1.165) is 43.9 Å². The number of hydrogen-bond donors (Lipinski definition) is 1. The Morgan fingerprint density at radius 1 is 0.933 bits per heavy atom. The number of carbonyl (C=O) groups is 1. The Kier molecular flexibility index (Phi) is 6.60. The van der Waals surface area contributed by atoms with E-state index < -0.39 is 0 Å². The predicted molar refractivity (Wildman–Crippen MR) is 122 cm³/mol. The zero-order chi connectivity index (χ0) is 21.3. The Hall–Kier alpha value is -1.70. The molecule has 6 nitrogen and oxygen atoms in total. The van der Waals surface area contributed by atoms with Crippen LogP contribution >= 0.6 is 34.8 Å². The summed E-state index contributed by atoms with van der Waals surface area (Å²) in [5.41, 5.74) is 4.87. The number of halogens is 3. The molecule has 1 atom stereocenters. The maximum Gasteiger partial charge on any atom is 0.350 e. The van der Waals surface area contributed by atoms with Gasteiger partial charge in [0.15, 0.2) is 0 Å². The summed E-state index contributed by atoms with van der Waals surface area (Å²) < 4.78 is 0. The summed E-state index contributed by atoms with van der Waals surface area (Å²) in [5.74, 6) is 0. The lowest BCUT2D eigenvalue weighted by atomic mass is 10.0. The molecule has 2 saturated heterocycles. The second kappa shape index (κ2) is 9.20. The number of piperazine rings is 1. The lowest BCUT2D eigenvalue weighted by Gasteiger charge is -2.38. The zero-order valence-corrected chi connectivity index (χ0v) is 19.0. The van der Waals surface area contributed by atoms with Crippen LogP contribution in [-0.2, 0) is 0 Å². The fourth-order valence-electron chi connectivity index (χ4n) is 3.91. The van der Waals surface area contributed by atoms with Crippen molar-refractivity contribution in [1.29, 1.82) is 0 Å². The van der Waals surface area contributed by atoms with Gasteiger partial charge in [0.1, 0.15) is 0 Å². The molecule has 1 N–H and O–H groups in total. The van der Waals surface area contributed by atoms with Crippen molar-refractivity contribution >= 4 is 46.5 Å². The summed E-state index contributed by atoms with van der Waals surface area (Å²) >= 11 is 18.7. The van der Waals surface area contributed by atoms with Gasteiger partial charge >= 0.3 is 6.03 Å². The van der Waals surface area contributed by atoms with Crippen LogP contribution in [0.3, 0.4) is 0 Å². The van der Waals surface area contributed by atoms with Crippen LogP contribution in [0.4, 0.5) is 10.5 Å². The van der Waals surface area contributed by atoms with E-state index in [1.807, 2.05) is 40.3 Å². The van der Waals surface area contributed by atoms with Crippen molar-refractivity contribution < 1.29 is 4.79 Å². The summed E-state index contributed by atoms with van der Waals surface area (Å²) in [6, 6.07) is 12.9. The largest absolute Gasteiger partial charge is 0.350 e. The van der Waals surface area contributed by atoms with Gasteiger partial charge in [-0.3, -0.25) is 10.4 Å². The highest BCUT2D eigenvalue weighted by Crippen LogP contribution is 2.41. The molecule has 0 aliphatic carbocycles. The van der Waals surface area contributed by atoms with Crippen LogP contribution in [0.25, 0.3) is 0 Å². The van der Waals surface area contributed by atoms with Gasteiger partial charge in [0.2, 0.25) is 0 Å². The molecule has 2 aromatic carbocycles. The van der Waals surface area contributed by atoms with Crippen molar-refractivity contribution in [2.24, 2.45) is 0 Å². The van der Waals surface area contributed by atoms with Gasteiger partial charge in [-0.25, -0.2) is 14.8 Å². The van der Waals surface area contributed by atoms with E-state index in [1.165, 1.54) is 0 Å². The van der Waals surface area contributed by atoms with Gasteiger partial charge in [-0.1, -0.05) is 46.9 Å².